The summed E-state index contributed by atoms with van der Waals surface area (Å²) in [7, 11) is 0. The fraction of sp³-hybridized carbons (Fsp3) is 0.382. The molecule has 0 aliphatic carbocycles. The van der Waals surface area contributed by atoms with E-state index < -0.39 is 23.9 Å². The number of rotatable bonds is 7. The van der Waals surface area contributed by atoms with Crippen LogP contribution in [0.3, 0.4) is 0 Å². The van der Waals surface area contributed by atoms with Gasteiger partial charge in [-0.15, -0.1) is 0 Å². The summed E-state index contributed by atoms with van der Waals surface area (Å²) < 4.78 is 0. The maximum absolute atomic E-state index is 14.5. The van der Waals surface area contributed by atoms with Crippen molar-refractivity contribution in [3.63, 3.8) is 0 Å². The van der Waals surface area contributed by atoms with Gasteiger partial charge in [-0.2, -0.15) is 0 Å². The number of ketones is 1. The molecule has 2 fully saturated rings. The van der Waals surface area contributed by atoms with Gasteiger partial charge in [-0.25, -0.2) is 0 Å². The van der Waals surface area contributed by atoms with E-state index in [1.165, 1.54) is 0 Å². The van der Waals surface area contributed by atoms with Gasteiger partial charge in [0.2, 0.25) is 11.8 Å². The highest BCUT2D eigenvalue weighted by Gasteiger charge is 2.57. The third-order valence-electron chi connectivity index (χ3n) is 8.18. The van der Waals surface area contributed by atoms with Gasteiger partial charge in [-0.1, -0.05) is 104 Å². The number of carbonyl (C=O) groups is 3. The lowest BCUT2D eigenvalue weighted by Gasteiger charge is -2.36. The van der Waals surface area contributed by atoms with E-state index in [-0.39, 0.29) is 23.5 Å². The molecule has 2 saturated heterocycles. The van der Waals surface area contributed by atoms with Gasteiger partial charge in [0, 0.05) is 44.1 Å². The van der Waals surface area contributed by atoms with Crippen molar-refractivity contribution in [2.75, 3.05) is 26.2 Å². The SMILES string of the molecule is Cc1ccc(C2C(C(=O)c3ccccc3)C(c3ccccc3)C(C(=O)N3CCNCC3)N2C(=O)CC(C)C)cc1. The van der Waals surface area contributed by atoms with E-state index in [0.717, 1.165) is 16.7 Å². The number of hydrogen-bond acceptors (Lipinski definition) is 4. The monoisotopic (exact) mass is 537 g/mol. The van der Waals surface area contributed by atoms with Crippen LogP contribution in [0.4, 0.5) is 0 Å². The van der Waals surface area contributed by atoms with E-state index >= 15 is 0 Å². The molecule has 2 aliphatic heterocycles. The normalized spacial score (nSPS) is 22.9. The first kappa shape index (κ1) is 27.8. The van der Waals surface area contributed by atoms with Gasteiger partial charge in [0.15, 0.2) is 5.78 Å². The fourth-order valence-electron chi connectivity index (χ4n) is 6.32. The van der Waals surface area contributed by atoms with Gasteiger partial charge < -0.3 is 15.1 Å². The molecule has 4 unspecified atom stereocenters. The maximum atomic E-state index is 14.5. The Hall–Kier alpha value is -3.77. The zero-order valence-electron chi connectivity index (χ0n) is 23.6. The van der Waals surface area contributed by atoms with Crippen molar-refractivity contribution in [1.82, 2.24) is 15.1 Å². The van der Waals surface area contributed by atoms with Crippen LogP contribution < -0.4 is 5.32 Å². The van der Waals surface area contributed by atoms with E-state index in [2.05, 4.69) is 5.32 Å². The lowest BCUT2D eigenvalue weighted by molar-refractivity contribution is -0.146. The Morgan fingerprint density at radius 3 is 2.02 bits per heavy atom. The zero-order chi connectivity index (χ0) is 28.2. The van der Waals surface area contributed by atoms with Gasteiger partial charge in [0.1, 0.15) is 6.04 Å². The number of carbonyl (C=O) groups excluding carboxylic acids is 3. The number of Topliss-reactive ketones (excluding diaryl/α,β-unsaturated/α-hetero) is 1. The largest absolute Gasteiger partial charge is 0.338 e. The van der Waals surface area contributed by atoms with Crippen LogP contribution >= 0.6 is 0 Å². The Kier molecular flexibility index (Phi) is 8.46. The highest BCUT2D eigenvalue weighted by Crippen LogP contribution is 2.52. The average molecular weight is 538 g/mol. The summed E-state index contributed by atoms with van der Waals surface area (Å²) in [5, 5.41) is 3.32. The molecule has 4 atom stereocenters. The molecule has 6 nitrogen and oxygen atoms in total. The van der Waals surface area contributed by atoms with E-state index in [9.17, 15) is 14.4 Å². The Bertz CT molecular complexity index is 1320. The molecule has 208 valence electrons. The molecule has 0 spiro atoms. The molecular formula is C34H39N3O3. The second-order valence-corrected chi connectivity index (χ2v) is 11.5. The summed E-state index contributed by atoms with van der Waals surface area (Å²) in [5.74, 6) is -1.20. The van der Waals surface area contributed by atoms with Crippen molar-refractivity contribution < 1.29 is 14.4 Å². The first-order chi connectivity index (χ1) is 19.4. The second-order valence-electron chi connectivity index (χ2n) is 11.5. The van der Waals surface area contributed by atoms with Crippen LogP contribution in [0.5, 0.6) is 0 Å². The van der Waals surface area contributed by atoms with Crippen molar-refractivity contribution in [1.29, 1.82) is 0 Å². The van der Waals surface area contributed by atoms with Gasteiger partial charge in [0.05, 0.1) is 12.0 Å². The van der Waals surface area contributed by atoms with Crippen molar-refractivity contribution in [3.8, 4) is 0 Å². The summed E-state index contributed by atoms with van der Waals surface area (Å²) >= 11 is 0. The standard InChI is InChI=1S/C34H39N3O3/c1-23(2)22-28(38)37-31(26-16-14-24(3)15-17-26)30(33(39)27-12-8-5-9-13-27)29(25-10-6-4-7-11-25)32(37)34(40)36-20-18-35-19-21-36/h4-17,23,29-32,35H,18-22H2,1-3H3. The topological polar surface area (TPSA) is 69.7 Å². The van der Waals surface area contributed by atoms with Crippen molar-refractivity contribution >= 4 is 17.6 Å². The lowest BCUT2D eigenvalue weighted by atomic mass is 9.76. The van der Waals surface area contributed by atoms with Crippen molar-refractivity contribution in [3.05, 3.63) is 107 Å². The Morgan fingerprint density at radius 2 is 1.43 bits per heavy atom. The first-order valence-electron chi connectivity index (χ1n) is 14.4. The molecule has 5 rings (SSSR count). The van der Waals surface area contributed by atoms with Crippen LogP contribution in [-0.2, 0) is 9.59 Å². The number of nitrogens with one attached hydrogen (secondary N) is 1. The Labute approximate surface area is 237 Å². The summed E-state index contributed by atoms with van der Waals surface area (Å²) in [6.07, 6.45) is 0.307. The molecule has 2 amide bonds. The van der Waals surface area contributed by atoms with Crippen molar-refractivity contribution in [2.24, 2.45) is 11.8 Å². The van der Waals surface area contributed by atoms with Gasteiger partial charge in [-0.05, 0) is 24.0 Å². The van der Waals surface area contributed by atoms with Gasteiger partial charge >= 0.3 is 0 Å². The quantitative estimate of drug-likeness (QED) is 0.431. The van der Waals surface area contributed by atoms with Gasteiger partial charge in [0.25, 0.3) is 0 Å². The highest BCUT2D eigenvalue weighted by molar-refractivity contribution is 6.02. The van der Waals surface area contributed by atoms with Crippen LogP contribution in [0.2, 0.25) is 0 Å². The maximum Gasteiger partial charge on any atom is 0.246 e. The number of hydrogen-bond donors (Lipinski definition) is 1. The van der Waals surface area contributed by atoms with Crippen LogP contribution in [0.25, 0.3) is 0 Å². The lowest BCUT2D eigenvalue weighted by Crippen LogP contribution is -2.55. The van der Waals surface area contributed by atoms with Crippen LogP contribution in [0.1, 0.15) is 59.3 Å². The predicted molar refractivity (Wildman–Crippen MR) is 157 cm³/mol. The molecule has 0 saturated carbocycles. The number of likely N-dealkylation sites (tertiary alicyclic amines) is 1. The number of nitrogens with zero attached hydrogens (tertiary/aromatic N) is 2. The third kappa shape index (κ3) is 5.59. The van der Waals surface area contributed by atoms with Crippen molar-refractivity contribution in [2.45, 2.75) is 45.2 Å². The van der Waals surface area contributed by atoms with E-state index in [0.29, 0.717) is 38.2 Å². The highest BCUT2D eigenvalue weighted by atomic mass is 16.2. The molecule has 2 aliphatic rings. The van der Waals surface area contributed by atoms with Gasteiger partial charge in [-0.3, -0.25) is 14.4 Å². The minimum atomic E-state index is -0.782. The summed E-state index contributed by atoms with van der Waals surface area (Å²) in [6.45, 7) is 8.64. The van der Waals surface area contributed by atoms with E-state index in [4.69, 9.17) is 0 Å². The molecule has 3 aromatic carbocycles. The molecule has 40 heavy (non-hydrogen) atoms. The smallest absolute Gasteiger partial charge is 0.246 e. The molecular weight excluding hydrogens is 498 g/mol. The number of piperazine rings is 1. The summed E-state index contributed by atoms with van der Waals surface area (Å²) in [6, 6.07) is 25.9. The number of aryl methyl sites for hydroxylation is 1. The molecule has 6 heteroatoms. The first-order valence-corrected chi connectivity index (χ1v) is 14.4. The third-order valence-corrected chi connectivity index (χ3v) is 8.18. The van der Waals surface area contributed by atoms with E-state index in [1.54, 1.807) is 4.90 Å². The molecule has 0 aromatic heterocycles. The Morgan fingerprint density at radius 1 is 0.825 bits per heavy atom. The minimum absolute atomic E-state index is 0.0435. The van der Waals surface area contributed by atoms with Crippen LogP contribution in [-0.4, -0.2) is 59.6 Å². The summed E-state index contributed by atoms with van der Waals surface area (Å²) in [5.41, 5.74) is 3.48. The number of benzene rings is 3. The summed E-state index contributed by atoms with van der Waals surface area (Å²) in [4.78, 5) is 46.9. The molecule has 0 radical (unpaired) electrons. The molecule has 2 heterocycles. The Balaban J connectivity index is 1.74. The van der Waals surface area contributed by atoms with Crippen LogP contribution in [0.15, 0.2) is 84.9 Å². The van der Waals surface area contributed by atoms with E-state index in [1.807, 2.05) is 111 Å². The number of amides is 2. The minimum Gasteiger partial charge on any atom is -0.338 e. The molecule has 1 N–H and O–H groups in total. The molecule has 0 bridgehead atoms. The fourth-order valence-corrected chi connectivity index (χ4v) is 6.32. The average Bonchev–Trinajstić information content (AvgIpc) is 3.34. The predicted octanol–water partition coefficient (Wildman–Crippen LogP) is 5.01. The zero-order valence-corrected chi connectivity index (χ0v) is 23.6. The molecule has 3 aromatic rings. The van der Waals surface area contributed by atoms with Crippen LogP contribution in [0, 0.1) is 18.8 Å². The second kappa shape index (κ2) is 12.2.